The second-order valence-electron chi connectivity index (χ2n) is 9.86. The number of carbonyl (C=O) groups excluding carboxylic acids is 1. The number of piperazine rings is 1. The molecule has 0 spiro atoms. The first-order valence-electron chi connectivity index (χ1n) is 12.6. The number of benzene rings is 3. The van der Waals surface area contributed by atoms with Crippen LogP contribution >= 0.6 is 0 Å². The molecular weight excluding hydrogens is 470 g/mol. The van der Waals surface area contributed by atoms with Gasteiger partial charge in [0.2, 0.25) is 15.9 Å². The molecule has 1 amide bonds. The number of sulfonamides is 1. The summed E-state index contributed by atoms with van der Waals surface area (Å²) in [5, 5.41) is 0. The molecule has 2 aliphatic heterocycles. The van der Waals surface area contributed by atoms with Crippen molar-refractivity contribution in [3.63, 3.8) is 0 Å². The fourth-order valence-electron chi connectivity index (χ4n) is 5.43. The summed E-state index contributed by atoms with van der Waals surface area (Å²) in [4.78, 5) is 18.4. The van der Waals surface area contributed by atoms with E-state index in [1.807, 2.05) is 48.2 Å². The van der Waals surface area contributed by atoms with Gasteiger partial charge in [0.05, 0.1) is 10.8 Å². The third-order valence-corrected chi connectivity index (χ3v) is 9.38. The number of anilines is 1. The van der Waals surface area contributed by atoms with Gasteiger partial charge in [-0.25, -0.2) is 8.42 Å². The van der Waals surface area contributed by atoms with Crippen LogP contribution in [0.2, 0.25) is 0 Å². The summed E-state index contributed by atoms with van der Waals surface area (Å²) in [5.74, 6) is -0.530. The Balaban J connectivity index is 1.37. The van der Waals surface area contributed by atoms with Crippen LogP contribution in [0.5, 0.6) is 0 Å². The van der Waals surface area contributed by atoms with Gasteiger partial charge in [0, 0.05) is 50.9 Å². The van der Waals surface area contributed by atoms with Crippen LogP contribution in [0.3, 0.4) is 0 Å². The largest absolute Gasteiger partial charge is 0.368 e. The molecule has 0 aromatic heterocycles. The van der Waals surface area contributed by atoms with E-state index in [0.717, 1.165) is 24.2 Å². The molecule has 5 rings (SSSR count). The van der Waals surface area contributed by atoms with Gasteiger partial charge in [0.25, 0.3) is 0 Å². The molecule has 188 valence electrons. The highest BCUT2D eigenvalue weighted by Gasteiger charge is 2.45. The van der Waals surface area contributed by atoms with E-state index in [-0.39, 0.29) is 23.3 Å². The van der Waals surface area contributed by atoms with E-state index in [1.54, 1.807) is 30.3 Å². The zero-order valence-electron chi connectivity index (χ0n) is 20.9. The van der Waals surface area contributed by atoms with Crippen LogP contribution in [0.4, 0.5) is 5.69 Å². The highest BCUT2D eigenvalue weighted by Crippen LogP contribution is 2.37. The predicted octanol–water partition coefficient (Wildman–Crippen LogP) is 4.06. The molecule has 7 heteroatoms. The number of hydrogen-bond acceptors (Lipinski definition) is 4. The monoisotopic (exact) mass is 503 g/mol. The first kappa shape index (κ1) is 24.5. The van der Waals surface area contributed by atoms with Gasteiger partial charge in [0.15, 0.2) is 0 Å². The zero-order chi connectivity index (χ0) is 25.3. The molecule has 3 aromatic carbocycles. The second-order valence-corrected chi connectivity index (χ2v) is 11.8. The Morgan fingerprint density at radius 1 is 0.778 bits per heavy atom. The molecule has 2 saturated heterocycles. The van der Waals surface area contributed by atoms with E-state index in [1.165, 1.54) is 15.6 Å². The molecule has 0 radical (unpaired) electrons. The lowest BCUT2D eigenvalue weighted by Gasteiger charge is -2.38. The zero-order valence-corrected chi connectivity index (χ0v) is 21.7. The van der Waals surface area contributed by atoms with Crippen LogP contribution in [-0.2, 0) is 14.8 Å². The van der Waals surface area contributed by atoms with Crippen LogP contribution in [0, 0.1) is 19.8 Å². The summed E-state index contributed by atoms with van der Waals surface area (Å²) in [7, 11) is -3.68. The number of hydrogen-bond donors (Lipinski definition) is 0. The summed E-state index contributed by atoms with van der Waals surface area (Å²) in [6.07, 6.45) is 0. The standard InChI is InChI=1S/C29H33N3O3S/c1-22-12-14-24(15-13-22)26-20-32(36(34,35)25-9-4-3-5-10-25)21-27(26)29(33)31-18-16-30(17-19-31)28-11-7-6-8-23(28)2/h3-15,26-27H,16-21H2,1-2H3/t26-,27-/m0/s1. The Bertz CT molecular complexity index is 1320. The van der Waals surface area contributed by atoms with E-state index < -0.39 is 15.9 Å². The topological polar surface area (TPSA) is 60.9 Å². The van der Waals surface area contributed by atoms with Gasteiger partial charge in [0.1, 0.15) is 0 Å². The van der Waals surface area contributed by atoms with Gasteiger partial charge in [-0.1, -0.05) is 66.2 Å². The maximum absolute atomic E-state index is 13.9. The molecule has 36 heavy (non-hydrogen) atoms. The molecule has 3 aromatic rings. The second kappa shape index (κ2) is 10.1. The maximum Gasteiger partial charge on any atom is 0.243 e. The summed E-state index contributed by atoms with van der Waals surface area (Å²) < 4.78 is 28.4. The summed E-state index contributed by atoms with van der Waals surface area (Å²) in [5.41, 5.74) is 4.60. The lowest BCUT2D eigenvalue weighted by atomic mass is 9.87. The van der Waals surface area contributed by atoms with Crippen molar-refractivity contribution in [2.75, 3.05) is 44.2 Å². The molecule has 6 nitrogen and oxygen atoms in total. The van der Waals surface area contributed by atoms with Gasteiger partial charge in [-0.2, -0.15) is 4.31 Å². The smallest absolute Gasteiger partial charge is 0.243 e. The predicted molar refractivity (Wildman–Crippen MR) is 143 cm³/mol. The Morgan fingerprint density at radius 2 is 1.42 bits per heavy atom. The molecule has 2 atom stereocenters. The molecule has 2 fully saturated rings. The van der Waals surface area contributed by atoms with Crippen molar-refractivity contribution in [3.8, 4) is 0 Å². The Morgan fingerprint density at radius 3 is 2.08 bits per heavy atom. The molecular formula is C29H33N3O3S. The van der Waals surface area contributed by atoms with Crippen molar-refractivity contribution in [2.24, 2.45) is 5.92 Å². The third-order valence-electron chi connectivity index (χ3n) is 7.54. The van der Waals surface area contributed by atoms with E-state index in [0.29, 0.717) is 19.6 Å². The van der Waals surface area contributed by atoms with Crippen LogP contribution in [-0.4, -0.2) is 62.8 Å². The molecule has 2 aliphatic rings. The molecule has 0 saturated carbocycles. The first-order chi connectivity index (χ1) is 17.3. The summed E-state index contributed by atoms with van der Waals surface area (Å²) in [6.45, 7) is 7.45. The molecule has 0 unspecified atom stereocenters. The van der Waals surface area contributed by atoms with Crippen molar-refractivity contribution in [3.05, 3.63) is 95.6 Å². The van der Waals surface area contributed by atoms with Crippen molar-refractivity contribution < 1.29 is 13.2 Å². The number of aryl methyl sites for hydroxylation is 2. The average Bonchev–Trinajstić information content (AvgIpc) is 3.36. The fraction of sp³-hybridized carbons (Fsp3) is 0.345. The normalized spacial score (nSPS) is 21.1. The van der Waals surface area contributed by atoms with E-state index in [4.69, 9.17) is 0 Å². The van der Waals surface area contributed by atoms with Gasteiger partial charge in [-0.3, -0.25) is 4.79 Å². The highest BCUT2D eigenvalue weighted by molar-refractivity contribution is 7.89. The van der Waals surface area contributed by atoms with E-state index >= 15 is 0 Å². The minimum absolute atomic E-state index is 0.0516. The SMILES string of the molecule is Cc1ccc([C@@H]2CN(S(=O)(=O)c3ccccc3)C[C@@H]2C(=O)N2CCN(c3ccccc3C)CC2)cc1. The maximum atomic E-state index is 13.9. The van der Waals surface area contributed by atoms with Gasteiger partial charge in [-0.15, -0.1) is 0 Å². The minimum Gasteiger partial charge on any atom is -0.368 e. The Hall–Kier alpha value is -3.16. The quantitative estimate of drug-likeness (QED) is 0.527. The van der Waals surface area contributed by atoms with Crippen molar-refractivity contribution in [1.82, 2.24) is 9.21 Å². The van der Waals surface area contributed by atoms with Crippen LogP contribution < -0.4 is 4.90 Å². The Labute approximate surface area is 214 Å². The molecule has 0 N–H and O–H groups in total. The number of amides is 1. The van der Waals surface area contributed by atoms with Gasteiger partial charge >= 0.3 is 0 Å². The van der Waals surface area contributed by atoms with E-state index in [2.05, 4.69) is 24.0 Å². The molecule has 0 aliphatic carbocycles. The van der Waals surface area contributed by atoms with Crippen LogP contribution in [0.1, 0.15) is 22.6 Å². The summed E-state index contributed by atoms with van der Waals surface area (Å²) in [6, 6.07) is 25.0. The minimum atomic E-state index is -3.68. The average molecular weight is 504 g/mol. The lowest BCUT2D eigenvalue weighted by Crippen LogP contribution is -2.51. The fourth-order valence-corrected chi connectivity index (χ4v) is 6.94. The number of rotatable bonds is 5. The number of carbonyl (C=O) groups is 1. The highest BCUT2D eigenvalue weighted by atomic mass is 32.2. The van der Waals surface area contributed by atoms with Gasteiger partial charge < -0.3 is 9.80 Å². The number of nitrogens with zero attached hydrogens (tertiary/aromatic N) is 3. The lowest BCUT2D eigenvalue weighted by molar-refractivity contribution is -0.135. The van der Waals surface area contributed by atoms with Crippen molar-refractivity contribution in [1.29, 1.82) is 0 Å². The Kier molecular flexibility index (Phi) is 6.86. The summed E-state index contributed by atoms with van der Waals surface area (Å²) >= 11 is 0. The third kappa shape index (κ3) is 4.77. The molecule has 2 heterocycles. The number of para-hydroxylation sites is 1. The first-order valence-corrected chi connectivity index (χ1v) is 14.0. The van der Waals surface area contributed by atoms with E-state index in [9.17, 15) is 13.2 Å². The van der Waals surface area contributed by atoms with Crippen LogP contribution in [0.15, 0.2) is 83.8 Å². The van der Waals surface area contributed by atoms with Gasteiger partial charge in [-0.05, 0) is 43.2 Å². The van der Waals surface area contributed by atoms with Crippen molar-refractivity contribution >= 4 is 21.6 Å². The van der Waals surface area contributed by atoms with Crippen molar-refractivity contribution in [2.45, 2.75) is 24.7 Å². The van der Waals surface area contributed by atoms with Crippen LogP contribution in [0.25, 0.3) is 0 Å². The molecule has 0 bridgehead atoms.